The molecule has 0 atom stereocenters. The van der Waals surface area contributed by atoms with E-state index >= 15 is 0 Å². The van der Waals surface area contributed by atoms with Crippen LogP contribution >= 0.6 is 27.7 Å². The van der Waals surface area contributed by atoms with Gasteiger partial charge in [-0.05, 0) is 40.6 Å². The van der Waals surface area contributed by atoms with Gasteiger partial charge >= 0.3 is 0 Å². The summed E-state index contributed by atoms with van der Waals surface area (Å²) in [6, 6.07) is 5.19. The van der Waals surface area contributed by atoms with E-state index in [9.17, 15) is 10.1 Å². The van der Waals surface area contributed by atoms with Gasteiger partial charge in [0.25, 0.3) is 5.69 Å². The molecule has 6 heteroatoms. The molecular formula is C15H21BrN2O2S. The van der Waals surface area contributed by atoms with Crippen molar-refractivity contribution < 1.29 is 4.92 Å². The van der Waals surface area contributed by atoms with Crippen LogP contribution in [0.5, 0.6) is 0 Å². The molecule has 2 rings (SSSR count). The first-order valence-electron chi connectivity index (χ1n) is 7.26. The van der Waals surface area contributed by atoms with Gasteiger partial charge in [0.2, 0.25) is 0 Å². The molecular weight excluding hydrogens is 352 g/mol. The van der Waals surface area contributed by atoms with Crippen LogP contribution in [-0.4, -0.2) is 22.5 Å². The molecule has 1 aromatic carbocycles. The fourth-order valence-electron chi connectivity index (χ4n) is 2.92. The van der Waals surface area contributed by atoms with Crippen LogP contribution in [0.25, 0.3) is 0 Å². The molecule has 0 bridgehead atoms. The molecule has 0 aliphatic heterocycles. The third-order valence-corrected chi connectivity index (χ3v) is 6.55. The Balaban J connectivity index is 1.97. The van der Waals surface area contributed by atoms with Gasteiger partial charge in [-0.1, -0.05) is 31.4 Å². The van der Waals surface area contributed by atoms with Crippen LogP contribution < -0.4 is 5.32 Å². The lowest BCUT2D eigenvalue weighted by atomic mass is 9.88. The molecule has 0 saturated heterocycles. The number of thioether (sulfide) groups is 1. The Bertz CT molecular complexity index is 504. The van der Waals surface area contributed by atoms with E-state index in [0.29, 0.717) is 15.8 Å². The SMILES string of the molecule is CSC1(CNCc2cccc([N+](=O)[O-])c2Br)CCCCC1. The lowest BCUT2D eigenvalue weighted by molar-refractivity contribution is -0.385. The number of nitrogens with zero attached hydrogens (tertiary/aromatic N) is 1. The lowest BCUT2D eigenvalue weighted by Gasteiger charge is -2.36. The zero-order valence-corrected chi connectivity index (χ0v) is 14.6. The molecule has 0 heterocycles. The van der Waals surface area contributed by atoms with E-state index in [1.54, 1.807) is 6.07 Å². The average Bonchev–Trinajstić information content (AvgIpc) is 2.49. The van der Waals surface area contributed by atoms with E-state index in [2.05, 4.69) is 27.5 Å². The first-order valence-corrected chi connectivity index (χ1v) is 9.27. The molecule has 0 aromatic heterocycles. The summed E-state index contributed by atoms with van der Waals surface area (Å²) in [5, 5.41) is 14.4. The van der Waals surface area contributed by atoms with Crippen molar-refractivity contribution in [3.05, 3.63) is 38.3 Å². The van der Waals surface area contributed by atoms with Crippen molar-refractivity contribution in [3.8, 4) is 0 Å². The summed E-state index contributed by atoms with van der Waals surface area (Å²) < 4.78 is 0.926. The summed E-state index contributed by atoms with van der Waals surface area (Å²) >= 11 is 5.31. The van der Waals surface area contributed by atoms with Gasteiger partial charge in [-0.2, -0.15) is 11.8 Å². The summed E-state index contributed by atoms with van der Waals surface area (Å²) in [5.41, 5.74) is 1.07. The Labute approximate surface area is 138 Å². The van der Waals surface area contributed by atoms with E-state index in [0.717, 1.165) is 12.1 Å². The van der Waals surface area contributed by atoms with Gasteiger partial charge in [0, 0.05) is 23.9 Å². The number of rotatable bonds is 6. The van der Waals surface area contributed by atoms with Crippen LogP contribution in [-0.2, 0) is 6.54 Å². The van der Waals surface area contributed by atoms with Crippen molar-refractivity contribution in [2.45, 2.75) is 43.4 Å². The van der Waals surface area contributed by atoms with Gasteiger partial charge < -0.3 is 5.32 Å². The lowest BCUT2D eigenvalue weighted by Crippen LogP contribution is -2.39. The van der Waals surface area contributed by atoms with Gasteiger partial charge in [0.1, 0.15) is 0 Å². The van der Waals surface area contributed by atoms with Crippen molar-refractivity contribution in [1.29, 1.82) is 0 Å². The molecule has 21 heavy (non-hydrogen) atoms. The van der Waals surface area contributed by atoms with Crippen molar-refractivity contribution >= 4 is 33.4 Å². The van der Waals surface area contributed by atoms with E-state index in [1.165, 1.54) is 38.2 Å². The Morgan fingerprint density at radius 3 is 2.71 bits per heavy atom. The average molecular weight is 373 g/mol. The largest absolute Gasteiger partial charge is 0.311 e. The second-order valence-electron chi connectivity index (χ2n) is 5.56. The predicted octanol–water partition coefficient (Wildman–Crippen LogP) is 4.51. The smallest absolute Gasteiger partial charge is 0.283 e. The molecule has 1 saturated carbocycles. The highest BCUT2D eigenvalue weighted by Crippen LogP contribution is 2.38. The molecule has 0 amide bonds. The fraction of sp³-hybridized carbons (Fsp3) is 0.600. The van der Waals surface area contributed by atoms with Gasteiger partial charge in [-0.25, -0.2) is 0 Å². The monoisotopic (exact) mass is 372 g/mol. The van der Waals surface area contributed by atoms with Crippen LogP contribution in [0.3, 0.4) is 0 Å². The number of nitro groups is 1. The number of benzene rings is 1. The third kappa shape index (κ3) is 4.20. The summed E-state index contributed by atoms with van der Waals surface area (Å²) in [6.07, 6.45) is 8.68. The Kier molecular flexibility index (Phi) is 6.08. The highest BCUT2D eigenvalue weighted by atomic mass is 79.9. The van der Waals surface area contributed by atoms with Crippen molar-refractivity contribution in [3.63, 3.8) is 0 Å². The molecule has 0 spiro atoms. The van der Waals surface area contributed by atoms with Crippen LogP contribution in [0.4, 0.5) is 5.69 Å². The van der Waals surface area contributed by atoms with Gasteiger partial charge in [-0.3, -0.25) is 10.1 Å². The second kappa shape index (κ2) is 7.61. The number of nitrogens with one attached hydrogen (secondary N) is 1. The standard InChI is InChI=1S/C15H21BrN2O2S/c1-21-15(8-3-2-4-9-15)11-17-10-12-6-5-7-13(14(12)16)18(19)20/h5-7,17H,2-4,8-11H2,1H3. The maximum Gasteiger partial charge on any atom is 0.283 e. The zero-order valence-electron chi connectivity index (χ0n) is 12.2. The molecule has 0 radical (unpaired) electrons. The van der Waals surface area contributed by atoms with Crippen LogP contribution in [0.1, 0.15) is 37.7 Å². The van der Waals surface area contributed by atoms with E-state index < -0.39 is 0 Å². The van der Waals surface area contributed by atoms with E-state index in [1.807, 2.05) is 17.8 Å². The Morgan fingerprint density at radius 1 is 1.38 bits per heavy atom. The minimum atomic E-state index is -0.349. The molecule has 1 aliphatic rings. The van der Waals surface area contributed by atoms with Crippen molar-refractivity contribution in [2.24, 2.45) is 0 Å². The summed E-state index contributed by atoms with van der Waals surface area (Å²) in [6.45, 7) is 1.62. The van der Waals surface area contributed by atoms with Crippen molar-refractivity contribution in [2.75, 3.05) is 12.8 Å². The topological polar surface area (TPSA) is 55.2 Å². The molecule has 1 N–H and O–H groups in total. The van der Waals surface area contributed by atoms with Crippen LogP contribution in [0, 0.1) is 10.1 Å². The number of nitro benzene ring substituents is 1. The second-order valence-corrected chi connectivity index (χ2v) is 7.63. The zero-order chi connectivity index (χ0) is 15.3. The molecule has 1 aliphatic carbocycles. The van der Waals surface area contributed by atoms with Gasteiger partial charge in [0.05, 0.1) is 9.40 Å². The third-order valence-electron chi connectivity index (χ3n) is 4.22. The van der Waals surface area contributed by atoms with Crippen LogP contribution in [0.15, 0.2) is 22.7 Å². The summed E-state index contributed by atoms with van der Waals surface area (Å²) in [7, 11) is 0. The fourth-order valence-corrected chi connectivity index (χ4v) is 4.41. The van der Waals surface area contributed by atoms with E-state index in [4.69, 9.17) is 0 Å². The summed E-state index contributed by atoms with van der Waals surface area (Å²) in [5.74, 6) is 0. The highest BCUT2D eigenvalue weighted by molar-refractivity contribution is 9.10. The predicted molar refractivity (Wildman–Crippen MR) is 91.8 cm³/mol. The molecule has 1 fully saturated rings. The van der Waals surface area contributed by atoms with Gasteiger partial charge in [0.15, 0.2) is 0 Å². The first-order chi connectivity index (χ1) is 10.1. The number of hydrogen-bond donors (Lipinski definition) is 1. The van der Waals surface area contributed by atoms with E-state index in [-0.39, 0.29) is 10.6 Å². The minimum absolute atomic E-state index is 0.131. The van der Waals surface area contributed by atoms with Crippen LogP contribution in [0.2, 0.25) is 0 Å². The quantitative estimate of drug-likeness (QED) is 0.589. The number of halogens is 1. The molecule has 116 valence electrons. The Hall–Kier alpha value is -0.590. The van der Waals surface area contributed by atoms with Gasteiger partial charge in [-0.15, -0.1) is 0 Å². The van der Waals surface area contributed by atoms with Crippen molar-refractivity contribution in [1.82, 2.24) is 5.32 Å². The first kappa shape index (κ1) is 16.8. The maximum absolute atomic E-state index is 10.9. The highest BCUT2D eigenvalue weighted by Gasteiger charge is 2.30. The molecule has 4 nitrogen and oxygen atoms in total. The minimum Gasteiger partial charge on any atom is -0.311 e. The molecule has 0 unspecified atom stereocenters. The Morgan fingerprint density at radius 2 is 2.10 bits per heavy atom. The maximum atomic E-state index is 10.9. The number of hydrogen-bond acceptors (Lipinski definition) is 4. The normalized spacial score (nSPS) is 17.6. The summed E-state index contributed by atoms with van der Waals surface area (Å²) in [4.78, 5) is 10.6. The molecule has 1 aromatic rings.